The van der Waals surface area contributed by atoms with Gasteiger partial charge in [0.2, 0.25) is 6.29 Å². The smallest absolute Gasteiger partial charge is 0.337 e. The number of rotatable bonds is 9. The van der Waals surface area contributed by atoms with E-state index in [1.54, 1.807) is 18.2 Å². The van der Waals surface area contributed by atoms with Crippen molar-refractivity contribution in [3.8, 4) is 12.3 Å². The maximum absolute atomic E-state index is 12.3. The molecule has 28 heavy (non-hydrogen) atoms. The van der Waals surface area contributed by atoms with Gasteiger partial charge in [-0.05, 0) is 36.6 Å². The van der Waals surface area contributed by atoms with E-state index in [-0.39, 0.29) is 24.8 Å². The number of esters is 1. The number of hydrogen-bond donors (Lipinski definition) is 2. The maximum Gasteiger partial charge on any atom is 0.337 e. The molecule has 7 heteroatoms. The highest BCUT2D eigenvalue weighted by molar-refractivity contribution is 5.92. The van der Waals surface area contributed by atoms with Gasteiger partial charge in [0.15, 0.2) is 5.76 Å². The lowest BCUT2D eigenvalue weighted by Gasteiger charge is -2.29. The Morgan fingerprint density at radius 3 is 2.71 bits per heavy atom. The topological polar surface area (TPSA) is 94.1 Å². The van der Waals surface area contributed by atoms with Crippen molar-refractivity contribution in [1.82, 2.24) is 5.32 Å². The lowest BCUT2D eigenvalue weighted by atomic mass is 9.92. The molecule has 150 valence electrons. The third-order valence-corrected chi connectivity index (χ3v) is 4.25. The van der Waals surface area contributed by atoms with Crippen molar-refractivity contribution in [2.75, 3.05) is 26.9 Å². The zero-order chi connectivity index (χ0) is 20.4. The van der Waals surface area contributed by atoms with Crippen molar-refractivity contribution in [2.24, 2.45) is 0 Å². The predicted molar refractivity (Wildman–Crippen MR) is 102 cm³/mol. The first-order valence-corrected chi connectivity index (χ1v) is 9.10. The molecule has 0 radical (unpaired) electrons. The summed E-state index contributed by atoms with van der Waals surface area (Å²) in [5, 5.41) is 11.5. The van der Waals surface area contributed by atoms with E-state index in [9.17, 15) is 9.59 Å². The van der Waals surface area contributed by atoms with E-state index in [0.29, 0.717) is 31.4 Å². The monoisotopic (exact) mass is 387 g/mol. The van der Waals surface area contributed by atoms with Crippen LogP contribution in [0.3, 0.4) is 0 Å². The summed E-state index contributed by atoms with van der Waals surface area (Å²) >= 11 is 0. The van der Waals surface area contributed by atoms with Crippen LogP contribution in [0.1, 0.15) is 41.1 Å². The minimum absolute atomic E-state index is 0.0973. The molecule has 2 N–H and O–H groups in total. The molecular weight excluding hydrogens is 362 g/mol. The molecule has 0 saturated heterocycles. The van der Waals surface area contributed by atoms with Crippen LogP contribution in [-0.2, 0) is 19.0 Å². The van der Waals surface area contributed by atoms with Crippen LogP contribution < -0.4 is 5.32 Å². The van der Waals surface area contributed by atoms with Gasteiger partial charge in [-0.15, -0.1) is 6.42 Å². The highest BCUT2D eigenvalue weighted by Gasteiger charge is 2.28. The molecule has 7 nitrogen and oxygen atoms in total. The molecule has 0 unspecified atom stereocenters. The van der Waals surface area contributed by atoms with Crippen molar-refractivity contribution in [1.29, 1.82) is 0 Å². The highest BCUT2D eigenvalue weighted by atomic mass is 16.7. The maximum atomic E-state index is 12.3. The number of carbonyl (C=O) groups excluding carboxylic acids is 2. The summed E-state index contributed by atoms with van der Waals surface area (Å²) in [6, 6.07) is 7.00. The fraction of sp³-hybridized carbons (Fsp3) is 0.429. The molecule has 0 spiro atoms. The Bertz CT molecular complexity index is 734. The molecule has 1 aromatic rings. The molecule has 0 aliphatic carbocycles. The third kappa shape index (κ3) is 6.12. The van der Waals surface area contributed by atoms with Crippen LogP contribution >= 0.6 is 0 Å². The summed E-state index contributed by atoms with van der Waals surface area (Å²) in [4.78, 5) is 23.9. The van der Waals surface area contributed by atoms with Crippen LogP contribution in [-0.4, -0.2) is 50.1 Å². The van der Waals surface area contributed by atoms with Crippen molar-refractivity contribution in [3.05, 3.63) is 47.2 Å². The predicted octanol–water partition coefficient (Wildman–Crippen LogP) is 1.73. The van der Waals surface area contributed by atoms with E-state index in [2.05, 4.69) is 11.2 Å². The summed E-state index contributed by atoms with van der Waals surface area (Å²) in [7, 11) is 1.33. The highest BCUT2D eigenvalue weighted by Crippen LogP contribution is 2.31. The first-order valence-electron chi connectivity index (χ1n) is 9.10. The van der Waals surface area contributed by atoms with Gasteiger partial charge in [-0.2, -0.15) is 0 Å². The number of terminal acetylenes is 1. The first-order chi connectivity index (χ1) is 13.6. The largest absolute Gasteiger partial charge is 0.465 e. The molecule has 0 fully saturated rings. The average molecular weight is 387 g/mol. The van der Waals surface area contributed by atoms with Gasteiger partial charge in [0.1, 0.15) is 0 Å². The molecule has 0 bridgehead atoms. The van der Waals surface area contributed by atoms with Gasteiger partial charge in [0, 0.05) is 18.9 Å². The molecule has 2 rings (SSSR count). The summed E-state index contributed by atoms with van der Waals surface area (Å²) in [5.74, 6) is 1.55. The van der Waals surface area contributed by atoms with Gasteiger partial charge in [0.05, 0.1) is 25.8 Å². The molecular formula is C21H25NO6. The van der Waals surface area contributed by atoms with E-state index < -0.39 is 18.2 Å². The second-order valence-corrected chi connectivity index (χ2v) is 6.22. The first kappa shape index (κ1) is 21.5. The van der Waals surface area contributed by atoms with Crippen LogP contribution in [0.2, 0.25) is 0 Å². The number of carbonyl (C=O) groups is 2. The fourth-order valence-corrected chi connectivity index (χ4v) is 2.78. The molecule has 1 amide bonds. The number of nitrogens with one attached hydrogen (secondary N) is 1. The zero-order valence-corrected chi connectivity index (χ0v) is 15.8. The van der Waals surface area contributed by atoms with E-state index in [1.807, 2.05) is 12.1 Å². The minimum Gasteiger partial charge on any atom is -0.465 e. The van der Waals surface area contributed by atoms with Gasteiger partial charge in [-0.25, -0.2) is 4.79 Å². The second-order valence-electron chi connectivity index (χ2n) is 6.22. The second kappa shape index (κ2) is 11.1. The van der Waals surface area contributed by atoms with Gasteiger partial charge < -0.3 is 24.6 Å². The number of aliphatic hydroxyl groups is 1. The third-order valence-electron chi connectivity index (χ3n) is 4.25. The number of benzene rings is 1. The zero-order valence-electron chi connectivity index (χ0n) is 15.8. The molecule has 1 aliphatic rings. The van der Waals surface area contributed by atoms with Gasteiger partial charge in [-0.3, -0.25) is 4.79 Å². The lowest BCUT2D eigenvalue weighted by Crippen LogP contribution is -2.33. The SMILES string of the molecule is C#CCNC(=O)C1=C[C@@H](c2ccc(C(=O)OC)cc2)C[C@@H](OCCCCO)O1. The number of hydrogen-bond acceptors (Lipinski definition) is 6. The molecule has 1 heterocycles. The van der Waals surface area contributed by atoms with E-state index in [1.165, 1.54) is 7.11 Å². The number of unbranched alkanes of at least 4 members (excludes halogenated alkanes) is 1. The van der Waals surface area contributed by atoms with Crippen LogP contribution in [0, 0.1) is 12.3 Å². The van der Waals surface area contributed by atoms with Gasteiger partial charge >= 0.3 is 5.97 Å². The van der Waals surface area contributed by atoms with Crippen LogP contribution in [0.25, 0.3) is 0 Å². The Kier molecular flexibility index (Phi) is 8.53. The van der Waals surface area contributed by atoms with Crippen molar-refractivity contribution in [3.63, 3.8) is 0 Å². The summed E-state index contributed by atoms with van der Waals surface area (Å²) < 4.78 is 16.1. The average Bonchev–Trinajstić information content (AvgIpc) is 2.74. The molecule has 2 atom stereocenters. The standard InChI is InChI=1S/C21H25NO6/c1-3-10-22-20(24)18-13-17(14-19(28-18)27-12-5-4-11-23)15-6-8-16(9-7-15)21(25)26-2/h1,6-9,13,17,19,23H,4-5,10-12,14H2,2H3,(H,22,24)/t17-,19+/m1/s1. The molecule has 1 aromatic carbocycles. The van der Waals surface area contributed by atoms with E-state index in [4.69, 9.17) is 25.7 Å². The Balaban J connectivity index is 2.15. The number of ether oxygens (including phenoxy) is 3. The number of aliphatic hydroxyl groups excluding tert-OH is 1. The molecule has 0 saturated carbocycles. The Labute approximate surface area is 164 Å². The molecule has 1 aliphatic heterocycles. The van der Waals surface area contributed by atoms with Crippen molar-refractivity contribution >= 4 is 11.9 Å². The van der Waals surface area contributed by atoms with E-state index in [0.717, 1.165) is 5.56 Å². The molecule has 0 aromatic heterocycles. The Hall–Kier alpha value is -2.82. The van der Waals surface area contributed by atoms with Crippen molar-refractivity contribution in [2.45, 2.75) is 31.5 Å². The number of methoxy groups -OCH3 is 1. The quantitative estimate of drug-likeness (QED) is 0.381. The van der Waals surface area contributed by atoms with Crippen molar-refractivity contribution < 1.29 is 28.9 Å². The Morgan fingerprint density at radius 1 is 1.32 bits per heavy atom. The van der Waals surface area contributed by atoms with E-state index >= 15 is 0 Å². The van der Waals surface area contributed by atoms with Gasteiger partial charge in [-0.1, -0.05) is 18.1 Å². The Morgan fingerprint density at radius 2 is 2.07 bits per heavy atom. The summed E-state index contributed by atoms with van der Waals surface area (Å²) in [6.07, 6.45) is 8.16. The van der Waals surface area contributed by atoms with Gasteiger partial charge in [0.25, 0.3) is 5.91 Å². The minimum atomic E-state index is -0.597. The normalized spacial score (nSPS) is 18.4. The van der Waals surface area contributed by atoms with Crippen LogP contribution in [0.5, 0.6) is 0 Å². The number of amides is 1. The lowest BCUT2D eigenvalue weighted by molar-refractivity contribution is -0.146. The van der Waals surface area contributed by atoms with Crippen LogP contribution in [0.15, 0.2) is 36.1 Å². The summed E-state index contributed by atoms with van der Waals surface area (Å²) in [6.45, 7) is 0.613. The fourth-order valence-electron chi connectivity index (χ4n) is 2.78. The number of allylic oxidation sites excluding steroid dienone is 1. The van der Waals surface area contributed by atoms with Crippen LogP contribution in [0.4, 0.5) is 0 Å². The summed E-state index contributed by atoms with van der Waals surface area (Å²) in [5.41, 5.74) is 1.37.